The van der Waals surface area contributed by atoms with Crippen LogP contribution in [0.3, 0.4) is 0 Å². The fraction of sp³-hybridized carbons (Fsp3) is 0.286. The topological polar surface area (TPSA) is 71.1 Å². The summed E-state index contributed by atoms with van der Waals surface area (Å²) in [6.07, 6.45) is 3.30. The normalized spacial score (nSPS) is 15.5. The molecule has 0 bridgehead atoms. The molecule has 2 N–H and O–H groups in total. The molecule has 4 rings (SSSR count). The molecule has 0 spiro atoms. The van der Waals surface area contributed by atoms with E-state index in [1.165, 1.54) is 30.4 Å². The summed E-state index contributed by atoms with van der Waals surface area (Å²) in [6.45, 7) is 1.44. The Labute approximate surface area is 166 Å². The third-order valence-corrected chi connectivity index (χ3v) is 6.13. The summed E-state index contributed by atoms with van der Waals surface area (Å²) in [6, 6.07) is 11.8. The van der Waals surface area contributed by atoms with E-state index in [1.54, 1.807) is 12.1 Å². The molecule has 0 unspecified atom stereocenters. The van der Waals surface area contributed by atoms with Crippen LogP contribution in [0.4, 0.5) is 15.2 Å². The van der Waals surface area contributed by atoms with Crippen molar-refractivity contribution in [3.8, 4) is 0 Å². The SMILES string of the molecule is CC(=O)Nc1nc2ccc(NC(=O)C3(c4cccc(F)c4)CCCC3)cc2s1. The lowest BCUT2D eigenvalue weighted by Gasteiger charge is -2.28. The third kappa shape index (κ3) is 3.49. The van der Waals surface area contributed by atoms with Crippen LogP contribution in [0.25, 0.3) is 10.2 Å². The van der Waals surface area contributed by atoms with Gasteiger partial charge in [-0.2, -0.15) is 0 Å². The lowest BCUT2D eigenvalue weighted by Crippen LogP contribution is -2.38. The molecule has 0 saturated heterocycles. The predicted octanol–water partition coefficient (Wildman–Crippen LogP) is 4.84. The van der Waals surface area contributed by atoms with Crippen LogP contribution in [0, 0.1) is 5.82 Å². The smallest absolute Gasteiger partial charge is 0.235 e. The number of carbonyl (C=O) groups is 2. The number of fused-ring (bicyclic) bond motifs is 1. The van der Waals surface area contributed by atoms with Crippen LogP contribution in [0.5, 0.6) is 0 Å². The van der Waals surface area contributed by atoms with Crippen LogP contribution in [0.15, 0.2) is 42.5 Å². The van der Waals surface area contributed by atoms with Crippen molar-refractivity contribution >= 4 is 44.2 Å². The maximum Gasteiger partial charge on any atom is 0.235 e. The molecule has 0 radical (unpaired) electrons. The summed E-state index contributed by atoms with van der Waals surface area (Å²) in [7, 11) is 0. The van der Waals surface area contributed by atoms with E-state index >= 15 is 0 Å². The molecule has 2 amide bonds. The van der Waals surface area contributed by atoms with Gasteiger partial charge in [0, 0.05) is 12.6 Å². The first-order valence-electron chi connectivity index (χ1n) is 9.22. The zero-order chi connectivity index (χ0) is 19.7. The van der Waals surface area contributed by atoms with Gasteiger partial charge < -0.3 is 10.6 Å². The maximum atomic E-state index is 13.8. The molecule has 7 heteroatoms. The lowest BCUT2D eigenvalue weighted by atomic mass is 9.78. The average molecular weight is 397 g/mol. The number of aromatic nitrogens is 1. The molecule has 1 aromatic heterocycles. The Hall–Kier alpha value is -2.80. The van der Waals surface area contributed by atoms with E-state index in [1.807, 2.05) is 18.2 Å². The molecular weight excluding hydrogens is 377 g/mol. The molecule has 3 aromatic rings. The Bertz CT molecular complexity index is 1060. The van der Waals surface area contributed by atoms with Gasteiger partial charge in [0.05, 0.1) is 15.6 Å². The minimum atomic E-state index is -0.702. The lowest BCUT2D eigenvalue weighted by molar-refractivity contribution is -0.121. The Morgan fingerprint density at radius 3 is 2.61 bits per heavy atom. The number of thiazole rings is 1. The van der Waals surface area contributed by atoms with E-state index in [0.717, 1.165) is 28.6 Å². The highest BCUT2D eigenvalue weighted by Gasteiger charge is 2.42. The average Bonchev–Trinajstić information content (AvgIpc) is 3.28. The van der Waals surface area contributed by atoms with E-state index in [-0.39, 0.29) is 17.6 Å². The standard InChI is InChI=1S/C21H20FN3O2S/c1-13(26)23-20-25-17-8-7-16(12-18(17)28-20)24-19(27)21(9-2-3-10-21)14-5-4-6-15(22)11-14/h4-8,11-12H,2-3,9-10H2,1H3,(H,24,27)(H,23,25,26). The highest BCUT2D eigenvalue weighted by atomic mass is 32.1. The van der Waals surface area contributed by atoms with E-state index in [9.17, 15) is 14.0 Å². The zero-order valence-electron chi connectivity index (χ0n) is 15.4. The number of benzene rings is 2. The zero-order valence-corrected chi connectivity index (χ0v) is 16.2. The number of nitrogens with one attached hydrogen (secondary N) is 2. The van der Waals surface area contributed by atoms with Gasteiger partial charge in [0.1, 0.15) is 5.82 Å². The van der Waals surface area contributed by atoms with E-state index in [2.05, 4.69) is 15.6 Å². The van der Waals surface area contributed by atoms with Gasteiger partial charge in [-0.05, 0) is 48.7 Å². The van der Waals surface area contributed by atoms with Crippen LogP contribution in [-0.2, 0) is 15.0 Å². The van der Waals surface area contributed by atoms with Crippen LogP contribution >= 0.6 is 11.3 Å². The molecule has 1 aliphatic carbocycles. The van der Waals surface area contributed by atoms with Gasteiger partial charge in [0.15, 0.2) is 5.13 Å². The number of amides is 2. The van der Waals surface area contributed by atoms with Crippen molar-refractivity contribution in [2.24, 2.45) is 0 Å². The minimum Gasteiger partial charge on any atom is -0.325 e. The number of rotatable bonds is 4. The molecule has 144 valence electrons. The molecule has 1 saturated carbocycles. The molecule has 1 aliphatic rings. The van der Waals surface area contributed by atoms with Crippen molar-refractivity contribution in [3.05, 3.63) is 53.8 Å². The van der Waals surface area contributed by atoms with Gasteiger partial charge in [0.25, 0.3) is 0 Å². The quantitative estimate of drug-likeness (QED) is 0.661. The molecule has 1 heterocycles. The molecule has 0 atom stereocenters. The van der Waals surface area contributed by atoms with Gasteiger partial charge in [-0.1, -0.05) is 36.3 Å². The summed E-state index contributed by atoms with van der Waals surface area (Å²) in [5.74, 6) is -0.611. The van der Waals surface area contributed by atoms with E-state index in [0.29, 0.717) is 23.7 Å². The summed E-state index contributed by atoms with van der Waals surface area (Å²) < 4.78 is 14.6. The first-order chi connectivity index (χ1) is 13.5. The van der Waals surface area contributed by atoms with Crippen LogP contribution in [0.2, 0.25) is 0 Å². The summed E-state index contributed by atoms with van der Waals surface area (Å²) in [5.41, 5.74) is 1.45. The summed E-state index contributed by atoms with van der Waals surface area (Å²) in [5, 5.41) is 6.22. The second kappa shape index (κ2) is 7.31. The predicted molar refractivity (Wildman–Crippen MR) is 109 cm³/mol. The highest BCUT2D eigenvalue weighted by Crippen LogP contribution is 2.42. The molecule has 28 heavy (non-hydrogen) atoms. The van der Waals surface area contributed by atoms with Crippen LogP contribution in [0.1, 0.15) is 38.2 Å². The number of anilines is 2. The van der Waals surface area contributed by atoms with Gasteiger partial charge in [-0.15, -0.1) is 0 Å². The van der Waals surface area contributed by atoms with Crippen molar-refractivity contribution in [2.45, 2.75) is 38.0 Å². The Balaban J connectivity index is 1.61. The molecule has 1 fully saturated rings. The number of nitrogens with zero attached hydrogens (tertiary/aromatic N) is 1. The maximum absolute atomic E-state index is 13.8. The van der Waals surface area contributed by atoms with Crippen LogP contribution in [-0.4, -0.2) is 16.8 Å². The van der Waals surface area contributed by atoms with E-state index in [4.69, 9.17) is 0 Å². The minimum absolute atomic E-state index is 0.110. The molecule has 0 aliphatic heterocycles. The number of halogens is 1. The molecule has 5 nitrogen and oxygen atoms in total. The van der Waals surface area contributed by atoms with Crippen molar-refractivity contribution < 1.29 is 14.0 Å². The second-order valence-electron chi connectivity index (χ2n) is 7.14. The van der Waals surface area contributed by atoms with Crippen LogP contribution < -0.4 is 10.6 Å². The highest BCUT2D eigenvalue weighted by molar-refractivity contribution is 7.22. The Morgan fingerprint density at radius 2 is 1.89 bits per heavy atom. The fourth-order valence-electron chi connectivity index (χ4n) is 3.87. The van der Waals surface area contributed by atoms with Gasteiger partial charge in [-0.3, -0.25) is 9.59 Å². The van der Waals surface area contributed by atoms with E-state index < -0.39 is 5.41 Å². The largest absolute Gasteiger partial charge is 0.325 e. The number of carbonyl (C=O) groups excluding carboxylic acids is 2. The number of hydrogen-bond acceptors (Lipinski definition) is 4. The molecule has 2 aromatic carbocycles. The fourth-order valence-corrected chi connectivity index (χ4v) is 4.82. The van der Waals surface area contributed by atoms with Crippen molar-refractivity contribution in [1.82, 2.24) is 4.98 Å². The summed E-state index contributed by atoms with van der Waals surface area (Å²) >= 11 is 1.35. The summed E-state index contributed by atoms with van der Waals surface area (Å²) in [4.78, 5) is 28.8. The first kappa shape index (κ1) is 18.6. The monoisotopic (exact) mass is 397 g/mol. The Kier molecular flexibility index (Phi) is 4.85. The number of hydrogen-bond donors (Lipinski definition) is 2. The van der Waals surface area contributed by atoms with Gasteiger partial charge in [-0.25, -0.2) is 9.37 Å². The Morgan fingerprint density at radius 1 is 1.11 bits per heavy atom. The third-order valence-electron chi connectivity index (χ3n) is 5.20. The second-order valence-corrected chi connectivity index (χ2v) is 8.17. The van der Waals surface area contributed by atoms with Crippen molar-refractivity contribution in [2.75, 3.05) is 10.6 Å². The molecular formula is C21H20FN3O2S. The first-order valence-corrected chi connectivity index (χ1v) is 10.0. The van der Waals surface area contributed by atoms with Gasteiger partial charge >= 0.3 is 0 Å². The van der Waals surface area contributed by atoms with Crippen molar-refractivity contribution in [1.29, 1.82) is 0 Å². The van der Waals surface area contributed by atoms with Gasteiger partial charge in [0.2, 0.25) is 11.8 Å². The van der Waals surface area contributed by atoms with Crippen molar-refractivity contribution in [3.63, 3.8) is 0 Å².